The zero-order chi connectivity index (χ0) is 24.7. The van der Waals surface area contributed by atoms with Gasteiger partial charge in [-0.15, -0.1) is 0 Å². The third-order valence-corrected chi connectivity index (χ3v) is 5.07. The van der Waals surface area contributed by atoms with Gasteiger partial charge < -0.3 is 24.1 Å². The van der Waals surface area contributed by atoms with Gasteiger partial charge >= 0.3 is 17.9 Å². The molecule has 8 nitrogen and oxygen atoms in total. The van der Waals surface area contributed by atoms with Gasteiger partial charge in [0.1, 0.15) is 0 Å². The Kier molecular flexibility index (Phi) is 13.7. The predicted octanol–water partition coefficient (Wildman–Crippen LogP) is 3.64. The molecule has 1 unspecified atom stereocenters. The Labute approximate surface area is 200 Å². The Balaban J connectivity index is 2.61. The van der Waals surface area contributed by atoms with E-state index in [4.69, 9.17) is 30.5 Å². The van der Waals surface area contributed by atoms with Crippen LogP contribution in [0.1, 0.15) is 58.4 Å². The number of hydrogen-bond donors (Lipinski definition) is 1. The van der Waals surface area contributed by atoms with Crippen LogP contribution in [-0.4, -0.2) is 61.1 Å². The van der Waals surface area contributed by atoms with Crippen LogP contribution in [0.4, 0.5) is 0 Å². The molecule has 1 rings (SSSR count). The molecule has 0 aliphatic heterocycles. The summed E-state index contributed by atoms with van der Waals surface area (Å²) < 4.78 is 20.1. The SMILES string of the molecule is CCOC(=O)C(OCCCCCCCc1cccc(Cl)c1)C(O)(C(=O)OCC)C(=O)OCC. The van der Waals surface area contributed by atoms with Gasteiger partial charge in [0.15, 0.2) is 0 Å². The number of aliphatic hydroxyl groups is 1. The second kappa shape index (κ2) is 15.6. The second-order valence-electron chi connectivity index (χ2n) is 7.36. The highest BCUT2D eigenvalue weighted by Crippen LogP contribution is 2.22. The summed E-state index contributed by atoms with van der Waals surface area (Å²) in [7, 11) is 0. The molecular weight excluding hydrogens is 452 g/mol. The lowest BCUT2D eigenvalue weighted by atomic mass is 9.96. The molecule has 0 saturated heterocycles. The zero-order valence-electron chi connectivity index (χ0n) is 19.6. The van der Waals surface area contributed by atoms with E-state index in [0.29, 0.717) is 6.42 Å². The van der Waals surface area contributed by atoms with Crippen LogP contribution in [0.3, 0.4) is 0 Å². The summed E-state index contributed by atoms with van der Waals surface area (Å²) >= 11 is 5.99. The first-order chi connectivity index (χ1) is 15.8. The Morgan fingerprint density at radius 2 is 1.48 bits per heavy atom. The normalized spacial score (nSPS) is 12.2. The molecule has 186 valence electrons. The molecule has 0 bridgehead atoms. The van der Waals surface area contributed by atoms with E-state index in [9.17, 15) is 19.5 Å². The summed E-state index contributed by atoms with van der Waals surface area (Å²) in [5, 5.41) is 11.6. The number of halogens is 1. The van der Waals surface area contributed by atoms with Crippen molar-refractivity contribution < 1.29 is 38.4 Å². The highest BCUT2D eigenvalue weighted by atomic mass is 35.5. The van der Waals surface area contributed by atoms with Gasteiger partial charge in [-0.2, -0.15) is 0 Å². The van der Waals surface area contributed by atoms with Crippen LogP contribution < -0.4 is 0 Å². The van der Waals surface area contributed by atoms with Crippen LogP contribution in [0, 0.1) is 0 Å². The van der Waals surface area contributed by atoms with E-state index < -0.39 is 29.6 Å². The van der Waals surface area contributed by atoms with Gasteiger partial charge in [0.25, 0.3) is 5.60 Å². The fourth-order valence-electron chi connectivity index (χ4n) is 3.21. The van der Waals surface area contributed by atoms with Crippen molar-refractivity contribution in [3.05, 3.63) is 34.9 Å². The molecule has 33 heavy (non-hydrogen) atoms. The number of carbonyl (C=O) groups excluding carboxylic acids is 3. The summed E-state index contributed by atoms with van der Waals surface area (Å²) in [4.78, 5) is 37.3. The predicted molar refractivity (Wildman–Crippen MR) is 123 cm³/mol. The zero-order valence-corrected chi connectivity index (χ0v) is 20.4. The van der Waals surface area contributed by atoms with Crippen LogP contribution in [0.25, 0.3) is 0 Å². The molecule has 1 atom stereocenters. The van der Waals surface area contributed by atoms with Crippen molar-refractivity contribution in [3.8, 4) is 0 Å². The maximum absolute atomic E-state index is 12.4. The van der Waals surface area contributed by atoms with Crippen molar-refractivity contribution in [1.29, 1.82) is 0 Å². The third-order valence-electron chi connectivity index (χ3n) is 4.84. The minimum Gasteiger partial charge on any atom is -0.464 e. The van der Waals surface area contributed by atoms with Gasteiger partial charge in [0, 0.05) is 11.6 Å². The Hall–Kier alpha value is -2.16. The smallest absolute Gasteiger partial charge is 0.353 e. The van der Waals surface area contributed by atoms with Gasteiger partial charge in [-0.05, 0) is 57.7 Å². The van der Waals surface area contributed by atoms with E-state index in [1.807, 2.05) is 24.3 Å². The number of unbranched alkanes of at least 4 members (excludes halogenated alkanes) is 4. The largest absolute Gasteiger partial charge is 0.464 e. The highest BCUT2D eigenvalue weighted by molar-refractivity contribution is 6.30. The number of rotatable bonds is 16. The minimum atomic E-state index is -2.95. The van der Waals surface area contributed by atoms with Gasteiger partial charge in [-0.1, -0.05) is 43.0 Å². The second-order valence-corrected chi connectivity index (χ2v) is 7.79. The van der Waals surface area contributed by atoms with Crippen molar-refractivity contribution in [1.82, 2.24) is 0 Å². The van der Waals surface area contributed by atoms with Crippen molar-refractivity contribution in [2.24, 2.45) is 0 Å². The molecule has 0 aliphatic rings. The topological polar surface area (TPSA) is 108 Å². The molecule has 0 aliphatic carbocycles. The fraction of sp³-hybridized carbons (Fsp3) is 0.625. The molecule has 0 fully saturated rings. The molecule has 0 aromatic heterocycles. The van der Waals surface area contributed by atoms with Gasteiger partial charge in [0.05, 0.1) is 19.8 Å². The molecule has 0 radical (unpaired) electrons. The van der Waals surface area contributed by atoms with E-state index >= 15 is 0 Å². The molecule has 0 spiro atoms. The number of carbonyl (C=O) groups is 3. The lowest BCUT2D eigenvalue weighted by molar-refractivity contribution is -0.208. The number of benzene rings is 1. The molecule has 0 saturated carbocycles. The molecule has 1 aromatic carbocycles. The molecule has 9 heteroatoms. The van der Waals surface area contributed by atoms with Crippen molar-refractivity contribution in [3.63, 3.8) is 0 Å². The van der Waals surface area contributed by atoms with Gasteiger partial charge in [-0.3, -0.25) is 0 Å². The van der Waals surface area contributed by atoms with E-state index in [2.05, 4.69) is 0 Å². The first-order valence-electron chi connectivity index (χ1n) is 11.4. The molecular formula is C24H35ClO8. The summed E-state index contributed by atoms with van der Waals surface area (Å²) in [6, 6.07) is 7.78. The van der Waals surface area contributed by atoms with Crippen molar-refractivity contribution in [2.45, 2.75) is 71.0 Å². The third kappa shape index (κ3) is 9.31. The Morgan fingerprint density at radius 1 is 0.909 bits per heavy atom. The maximum Gasteiger partial charge on any atom is 0.353 e. The van der Waals surface area contributed by atoms with E-state index in [0.717, 1.165) is 37.1 Å². The summed E-state index contributed by atoms with van der Waals surface area (Å²) in [5.74, 6) is -3.67. The number of hydrogen-bond acceptors (Lipinski definition) is 8. The molecule has 0 heterocycles. The number of ether oxygens (including phenoxy) is 4. The monoisotopic (exact) mass is 486 g/mol. The molecule has 0 amide bonds. The van der Waals surface area contributed by atoms with Crippen molar-refractivity contribution >= 4 is 29.5 Å². The lowest BCUT2D eigenvalue weighted by Crippen LogP contribution is -2.61. The van der Waals surface area contributed by atoms with Crippen LogP contribution in [-0.2, 0) is 39.8 Å². The van der Waals surface area contributed by atoms with E-state index in [1.165, 1.54) is 19.4 Å². The highest BCUT2D eigenvalue weighted by Gasteiger charge is 2.58. The first kappa shape index (κ1) is 28.9. The first-order valence-corrected chi connectivity index (χ1v) is 11.8. The summed E-state index contributed by atoms with van der Waals surface area (Å²) in [5.41, 5.74) is -1.75. The van der Waals surface area contributed by atoms with Crippen LogP contribution in [0.15, 0.2) is 24.3 Å². The summed E-state index contributed by atoms with van der Waals surface area (Å²) in [6.45, 7) is 4.39. The van der Waals surface area contributed by atoms with E-state index in [-0.39, 0.29) is 26.4 Å². The van der Waals surface area contributed by atoms with Crippen LogP contribution in [0.5, 0.6) is 0 Å². The quantitative estimate of drug-likeness (QED) is 0.163. The maximum atomic E-state index is 12.4. The number of aryl methyl sites for hydroxylation is 1. The molecule has 1 N–H and O–H groups in total. The number of esters is 3. The molecule has 1 aromatic rings. The Morgan fingerprint density at radius 3 is 2.06 bits per heavy atom. The van der Waals surface area contributed by atoms with Gasteiger partial charge in [0.2, 0.25) is 6.10 Å². The fourth-order valence-corrected chi connectivity index (χ4v) is 3.42. The average Bonchev–Trinajstić information content (AvgIpc) is 2.78. The summed E-state index contributed by atoms with van der Waals surface area (Å²) in [6.07, 6.45) is 3.37. The Bertz CT molecular complexity index is 734. The lowest BCUT2D eigenvalue weighted by Gasteiger charge is -2.30. The van der Waals surface area contributed by atoms with E-state index in [1.54, 1.807) is 6.92 Å². The van der Waals surface area contributed by atoms with Crippen molar-refractivity contribution in [2.75, 3.05) is 26.4 Å². The standard InChI is InChI=1S/C24H35ClO8/c1-4-30-21(26)20(24(29,22(27)31-5-2)23(28)32-6-3)33-16-11-9-7-8-10-13-18-14-12-15-19(25)17-18/h12,14-15,17,20,29H,4-11,13,16H2,1-3H3. The van der Waals surface area contributed by atoms with Crippen LogP contribution >= 0.6 is 11.6 Å². The van der Waals surface area contributed by atoms with Gasteiger partial charge in [-0.25, -0.2) is 14.4 Å². The average molecular weight is 487 g/mol. The minimum absolute atomic E-state index is 0.0208. The van der Waals surface area contributed by atoms with Crippen LogP contribution in [0.2, 0.25) is 5.02 Å².